The lowest BCUT2D eigenvalue weighted by Gasteiger charge is -2.10. The van der Waals surface area contributed by atoms with Gasteiger partial charge in [0.1, 0.15) is 0 Å². The monoisotopic (exact) mass is 203 g/mol. The number of hydrogen-bond donors (Lipinski definition) is 0. The molecule has 1 aliphatic rings. The largest absolute Gasteiger partial charge is 0.493 e. The highest BCUT2D eigenvalue weighted by Crippen LogP contribution is 2.39. The second-order valence-electron chi connectivity index (χ2n) is 3.63. The van der Waals surface area contributed by atoms with Gasteiger partial charge in [-0.25, -0.2) is 0 Å². The minimum atomic E-state index is 0.0137. The first-order valence-corrected chi connectivity index (χ1v) is 4.94. The molecule has 2 rings (SSSR count). The lowest BCUT2D eigenvalue weighted by atomic mass is 10.0. The van der Waals surface area contributed by atoms with Crippen LogP contribution < -0.4 is 9.47 Å². The Morgan fingerprint density at radius 2 is 1.93 bits per heavy atom. The summed E-state index contributed by atoms with van der Waals surface area (Å²) in [6.45, 7) is 0. The van der Waals surface area contributed by atoms with Crippen LogP contribution in [0.3, 0.4) is 0 Å². The molecule has 1 aromatic carbocycles. The summed E-state index contributed by atoms with van der Waals surface area (Å²) in [6.07, 6.45) is 1.86. The van der Waals surface area contributed by atoms with E-state index in [2.05, 4.69) is 6.07 Å². The number of nitrogens with zero attached hydrogens (tertiary/aromatic N) is 1. The average molecular weight is 203 g/mol. The van der Waals surface area contributed by atoms with Crippen molar-refractivity contribution < 1.29 is 9.47 Å². The summed E-state index contributed by atoms with van der Waals surface area (Å²) in [4.78, 5) is 0. The number of hydrogen-bond acceptors (Lipinski definition) is 3. The molecule has 1 unspecified atom stereocenters. The van der Waals surface area contributed by atoms with Crippen molar-refractivity contribution in [3.8, 4) is 17.6 Å². The van der Waals surface area contributed by atoms with Crippen LogP contribution in [0.4, 0.5) is 0 Å². The minimum absolute atomic E-state index is 0.0137. The third-order valence-electron chi connectivity index (χ3n) is 2.88. The second kappa shape index (κ2) is 3.82. The molecule has 0 radical (unpaired) electrons. The van der Waals surface area contributed by atoms with Crippen LogP contribution >= 0.6 is 0 Å². The van der Waals surface area contributed by atoms with E-state index in [0.717, 1.165) is 24.2 Å². The van der Waals surface area contributed by atoms with E-state index >= 15 is 0 Å². The Morgan fingerprint density at radius 3 is 2.53 bits per heavy atom. The lowest BCUT2D eigenvalue weighted by Crippen LogP contribution is -1.95. The minimum Gasteiger partial charge on any atom is -0.493 e. The summed E-state index contributed by atoms with van der Waals surface area (Å²) in [7, 11) is 3.24. The van der Waals surface area contributed by atoms with Gasteiger partial charge in [0, 0.05) is 0 Å². The molecule has 1 aliphatic carbocycles. The van der Waals surface area contributed by atoms with Crippen molar-refractivity contribution in [3.63, 3.8) is 0 Å². The van der Waals surface area contributed by atoms with Crippen LogP contribution in [0.15, 0.2) is 12.1 Å². The molecule has 15 heavy (non-hydrogen) atoms. The number of rotatable bonds is 2. The van der Waals surface area contributed by atoms with Crippen molar-refractivity contribution in [1.82, 2.24) is 0 Å². The number of fused-ring (bicyclic) bond motifs is 1. The van der Waals surface area contributed by atoms with Crippen molar-refractivity contribution in [2.24, 2.45) is 0 Å². The van der Waals surface area contributed by atoms with E-state index in [1.165, 1.54) is 5.56 Å². The van der Waals surface area contributed by atoms with Gasteiger partial charge < -0.3 is 9.47 Å². The molecule has 0 amide bonds. The summed E-state index contributed by atoms with van der Waals surface area (Å²) in [5, 5.41) is 8.98. The molecule has 0 fully saturated rings. The topological polar surface area (TPSA) is 42.2 Å². The molecule has 0 bridgehead atoms. The normalized spacial score (nSPS) is 18.1. The first-order valence-electron chi connectivity index (χ1n) is 4.94. The van der Waals surface area contributed by atoms with E-state index in [1.54, 1.807) is 14.2 Å². The van der Waals surface area contributed by atoms with Crippen LogP contribution in [-0.4, -0.2) is 14.2 Å². The van der Waals surface area contributed by atoms with Gasteiger partial charge in [-0.05, 0) is 36.1 Å². The van der Waals surface area contributed by atoms with Crippen LogP contribution in [0, 0.1) is 11.3 Å². The molecule has 0 spiro atoms. The fourth-order valence-electron chi connectivity index (χ4n) is 2.07. The molecule has 0 heterocycles. The highest BCUT2D eigenvalue weighted by Gasteiger charge is 2.24. The quantitative estimate of drug-likeness (QED) is 0.740. The summed E-state index contributed by atoms with van der Waals surface area (Å²) >= 11 is 0. The molecule has 0 aromatic heterocycles. The zero-order valence-corrected chi connectivity index (χ0v) is 8.91. The molecule has 0 N–H and O–H groups in total. The first-order chi connectivity index (χ1) is 7.30. The molecule has 0 saturated heterocycles. The average Bonchev–Trinajstić information content (AvgIpc) is 2.68. The number of ether oxygens (including phenoxy) is 2. The third-order valence-corrected chi connectivity index (χ3v) is 2.88. The van der Waals surface area contributed by atoms with Crippen LogP contribution in [0.1, 0.15) is 23.5 Å². The van der Waals surface area contributed by atoms with Gasteiger partial charge >= 0.3 is 0 Å². The maximum Gasteiger partial charge on any atom is 0.161 e. The lowest BCUT2D eigenvalue weighted by molar-refractivity contribution is 0.354. The standard InChI is InChI=1S/C12H13NO2/c1-14-11-5-8-3-4-9(7-13)10(8)6-12(11)15-2/h5-6,9H,3-4H2,1-2H3. The molecule has 0 saturated carbocycles. The van der Waals surface area contributed by atoms with Crippen molar-refractivity contribution in [2.75, 3.05) is 14.2 Å². The summed E-state index contributed by atoms with van der Waals surface area (Å²) in [5.41, 5.74) is 2.30. The zero-order chi connectivity index (χ0) is 10.8. The van der Waals surface area contributed by atoms with E-state index < -0.39 is 0 Å². The molecular weight excluding hydrogens is 190 g/mol. The fraction of sp³-hybridized carbons (Fsp3) is 0.417. The molecule has 1 atom stereocenters. The number of aryl methyl sites for hydroxylation is 1. The van der Waals surface area contributed by atoms with Gasteiger partial charge in [-0.15, -0.1) is 0 Å². The van der Waals surface area contributed by atoms with Crippen LogP contribution in [0.5, 0.6) is 11.5 Å². The SMILES string of the molecule is COc1cc2c(cc1OC)C(C#N)CC2. The Morgan fingerprint density at radius 1 is 1.27 bits per heavy atom. The highest BCUT2D eigenvalue weighted by molar-refractivity contribution is 5.51. The van der Waals surface area contributed by atoms with E-state index in [-0.39, 0.29) is 5.92 Å². The van der Waals surface area contributed by atoms with Gasteiger partial charge in [0.15, 0.2) is 11.5 Å². The smallest absolute Gasteiger partial charge is 0.161 e. The Kier molecular flexibility index (Phi) is 2.51. The van der Waals surface area contributed by atoms with Crippen molar-refractivity contribution in [1.29, 1.82) is 5.26 Å². The Balaban J connectivity index is 2.50. The molecular formula is C12H13NO2. The Bertz CT molecular complexity index is 420. The molecule has 1 aromatic rings. The maximum absolute atomic E-state index is 8.98. The van der Waals surface area contributed by atoms with Gasteiger partial charge in [0.2, 0.25) is 0 Å². The van der Waals surface area contributed by atoms with E-state index in [9.17, 15) is 0 Å². The predicted octanol–water partition coefficient (Wildman–Crippen LogP) is 2.26. The van der Waals surface area contributed by atoms with Crippen molar-refractivity contribution >= 4 is 0 Å². The summed E-state index contributed by atoms with van der Waals surface area (Å²) in [6, 6.07) is 6.22. The zero-order valence-electron chi connectivity index (χ0n) is 8.91. The molecule has 3 nitrogen and oxygen atoms in total. The van der Waals surface area contributed by atoms with Crippen molar-refractivity contribution in [2.45, 2.75) is 18.8 Å². The van der Waals surface area contributed by atoms with E-state index in [1.807, 2.05) is 12.1 Å². The maximum atomic E-state index is 8.98. The van der Waals surface area contributed by atoms with E-state index in [0.29, 0.717) is 5.75 Å². The van der Waals surface area contributed by atoms with Gasteiger partial charge in [-0.2, -0.15) is 5.26 Å². The van der Waals surface area contributed by atoms with Crippen LogP contribution in [-0.2, 0) is 6.42 Å². The van der Waals surface area contributed by atoms with Gasteiger partial charge in [-0.3, -0.25) is 0 Å². The third kappa shape index (κ3) is 1.52. The Hall–Kier alpha value is -1.69. The van der Waals surface area contributed by atoms with Gasteiger partial charge in [0.25, 0.3) is 0 Å². The fourth-order valence-corrected chi connectivity index (χ4v) is 2.07. The Labute approximate surface area is 89.2 Å². The van der Waals surface area contributed by atoms with Crippen LogP contribution in [0.25, 0.3) is 0 Å². The van der Waals surface area contributed by atoms with Gasteiger partial charge in [-0.1, -0.05) is 0 Å². The number of nitriles is 1. The predicted molar refractivity (Wildman–Crippen MR) is 56.2 cm³/mol. The molecule has 78 valence electrons. The highest BCUT2D eigenvalue weighted by atomic mass is 16.5. The number of benzene rings is 1. The number of methoxy groups -OCH3 is 2. The van der Waals surface area contributed by atoms with Gasteiger partial charge in [0.05, 0.1) is 26.2 Å². The molecule has 0 aliphatic heterocycles. The first kappa shape index (κ1) is 9.85. The van der Waals surface area contributed by atoms with E-state index in [4.69, 9.17) is 14.7 Å². The summed E-state index contributed by atoms with van der Waals surface area (Å²) < 4.78 is 10.4. The molecule has 3 heteroatoms. The second-order valence-corrected chi connectivity index (χ2v) is 3.63. The van der Waals surface area contributed by atoms with Crippen molar-refractivity contribution in [3.05, 3.63) is 23.3 Å². The van der Waals surface area contributed by atoms with Crippen LogP contribution in [0.2, 0.25) is 0 Å². The summed E-state index contributed by atoms with van der Waals surface area (Å²) in [5.74, 6) is 1.47.